The maximum atomic E-state index is 12.2. The molecule has 25 heavy (non-hydrogen) atoms. The first-order chi connectivity index (χ1) is 11.9. The van der Waals surface area contributed by atoms with Crippen LogP contribution in [-0.2, 0) is 17.6 Å². The van der Waals surface area contributed by atoms with E-state index >= 15 is 0 Å². The highest BCUT2D eigenvalue weighted by atomic mass is 32.1. The van der Waals surface area contributed by atoms with Gasteiger partial charge in [-0.25, -0.2) is 0 Å². The quantitative estimate of drug-likeness (QED) is 0.727. The third kappa shape index (κ3) is 4.02. The molecule has 1 N–H and O–H groups in total. The molecule has 0 aliphatic heterocycles. The van der Waals surface area contributed by atoms with Gasteiger partial charge in [0.05, 0.1) is 5.56 Å². The highest BCUT2D eigenvalue weighted by Crippen LogP contribution is 2.43. The number of nitrogens with one attached hydrogen (secondary N) is 1. The molecule has 3 nitrogen and oxygen atoms in total. The lowest BCUT2D eigenvalue weighted by atomic mass is 9.72. The Morgan fingerprint density at radius 2 is 2.24 bits per heavy atom. The summed E-state index contributed by atoms with van der Waals surface area (Å²) in [7, 11) is 0. The number of hydrogen-bond donors (Lipinski definition) is 1. The van der Waals surface area contributed by atoms with E-state index in [9.17, 15) is 10.1 Å². The molecule has 2 aromatic rings. The molecule has 0 unspecified atom stereocenters. The summed E-state index contributed by atoms with van der Waals surface area (Å²) in [5.41, 5.74) is 2.07. The van der Waals surface area contributed by atoms with E-state index in [4.69, 9.17) is 0 Å². The van der Waals surface area contributed by atoms with Crippen LogP contribution in [0.15, 0.2) is 23.6 Å². The Morgan fingerprint density at radius 1 is 1.44 bits per heavy atom. The fourth-order valence-corrected chi connectivity index (χ4v) is 5.13. The van der Waals surface area contributed by atoms with Gasteiger partial charge in [-0.1, -0.05) is 26.8 Å². The van der Waals surface area contributed by atoms with Crippen molar-refractivity contribution in [3.8, 4) is 6.07 Å². The Kier molecular flexibility index (Phi) is 5.12. The number of nitriles is 1. The Labute approximate surface area is 157 Å². The second-order valence-electron chi connectivity index (χ2n) is 7.46. The van der Waals surface area contributed by atoms with Crippen molar-refractivity contribution in [2.75, 3.05) is 5.32 Å². The lowest BCUT2D eigenvalue weighted by molar-refractivity contribution is -0.111. The van der Waals surface area contributed by atoms with Crippen molar-refractivity contribution < 1.29 is 4.79 Å². The zero-order valence-electron chi connectivity index (χ0n) is 14.8. The predicted octanol–water partition coefficient (Wildman–Crippen LogP) is 5.48. The normalized spacial score (nSPS) is 17.3. The molecular formula is C20H22N2OS2. The molecule has 0 bridgehead atoms. The van der Waals surface area contributed by atoms with E-state index in [0.717, 1.165) is 29.7 Å². The molecule has 5 heteroatoms. The van der Waals surface area contributed by atoms with Gasteiger partial charge >= 0.3 is 0 Å². The van der Waals surface area contributed by atoms with Crippen LogP contribution in [0.2, 0.25) is 0 Å². The molecular weight excluding hydrogens is 348 g/mol. The largest absolute Gasteiger partial charge is 0.313 e. The maximum absolute atomic E-state index is 12.2. The van der Waals surface area contributed by atoms with Crippen molar-refractivity contribution in [2.45, 2.75) is 40.0 Å². The number of fused-ring (bicyclic) bond motifs is 1. The van der Waals surface area contributed by atoms with E-state index in [0.29, 0.717) is 16.5 Å². The van der Waals surface area contributed by atoms with E-state index in [1.807, 2.05) is 17.5 Å². The number of carbonyl (C=O) groups excluding carboxylic acids is 1. The van der Waals surface area contributed by atoms with Crippen LogP contribution in [0.25, 0.3) is 6.08 Å². The zero-order valence-corrected chi connectivity index (χ0v) is 16.4. The second kappa shape index (κ2) is 7.15. The Balaban J connectivity index is 1.78. The summed E-state index contributed by atoms with van der Waals surface area (Å²) >= 11 is 3.16. The van der Waals surface area contributed by atoms with Crippen LogP contribution in [0.5, 0.6) is 0 Å². The molecule has 0 fully saturated rings. The summed E-state index contributed by atoms with van der Waals surface area (Å²) < 4.78 is 0. The van der Waals surface area contributed by atoms with Gasteiger partial charge in [-0.3, -0.25) is 4.79 Å². The number of rotatable bonds is 3. The van der Waals surface area contributed by atoms with Gasteiger partial charge < -0.3 is 5.32 Å². The van der Waals surface area contributed by atoms with Crippen molar-refractivity contribution in [3.63, 3.8) is 0 Å². The molecule has 1 atom stereocenters. The lowest BCUT2D eigenvalue weighted by Gasteiger charge is -2.33. The van der Waals surface area contributed by atoms with Crippen LogP contribution in [-0.4, -0.2) is 5.91 Å². The summed E-state index contributed by atoms with van der Waals surface area (Å²) in [6.07, 6.45) is 6.36. The lowest BCUT2D eigenvalue weighted by Crippen LogP contribution is -2.26. The molecule has 3 rings (SSSR count). The first-order valence-corrected chi connectivity index (χ1v) is 10.2. The van der Waals surface area contributed by atoms with Gasteiger partial charge in [-0.15, -0.1) is 22.7 Å². The smallest absolute Gasteiger partial charge is 0.249 e. The number of hydrogen-bond acceptors (Lipinski definition) is 4. The van der Waals surface area contributed by atoms with Crippen molar-refractivity contribution in [3.05, 3.63) is 44.5 Å². The van der Waals surface area contributed by atoms with Crippen LogP contribution >= 0.6 is 22.7 Å². The molecule has 0 radical (unpaired) electrons. The van der Waals surface area contributed by atoms with Crippen LogP contribution in [0.4, 0.5) is 5.00 Å². The fourth-order valence-electron chi connectivity index (χ4n) is 3.23. The molecule has 0 spiro atoms. The highest BCUT2D eigenvalue weighted by Gasteiger charge is 2.32. The van der Waals surface area contributed by atoms with E-state index in [1.165, 1.54) is 11.0 Å². The van der Waals surface area contributed by atoms with Crippen LogP contribution in [0.3, 0.4) is 0 Å². The third-order valence-electron chi connectivity index (χ3n) is 4.78. The van der Waals surface area contributed by atoms with Crippen molar-refractivity contribution in [1.29, 1.82) is 5.26 Å². The van der Waals surface area contributed by atoms with Crippen LogP contribution in [0.1, 0.15) is 48.1 Å². The summed E-state index contributed by atoms with van der Waals surface area (Å²) in [4.78, 5) is 14.5. The van der Waals surface area contributed by atoms with E-state index in [1.54, 1.807) is 28.7 Å². The average Bonchev–Trinajstić information content (AvgIpc) is 3.18. The van der Waals surface area contributed by atoms with E-state index in [-0.39, 0.29) is 11.3 Å². The van der Waals surface area contributed by atoms with Gasteiger partial charge in [-0.05, 0) is 53.7 Å². The van der Waals surface area contributed by atoms with E-state index in [2.05, 4.69) is 32.2 Å². The first kappa shape index (κ1) is 17.9. The number of carbonyl (C=O) groups is 1. The van der Waals surface area contributed by atoms with Gasteiger partial charge in [0.25, 0.3) is 0 Å². The molecule has 2 aromatic heterocycles. The van der Waals surface area contributed by atoms with E-state index < -0.39 is 0 Å². The Hall–Kier alpha value is -1.90. The monoisotopic (exact) mass is 370 g/mol. The summed E-state index contributed by atoms with van der Waals surface area (Å²) in [6.45, 7) is 6.83. The fraction of sp³-hybridized carbons (Fsp3) is 0.400. The third-order valence-corrected chi connectivity index (χ3v) is 6.79. The minimum absolute atomic E-state index is 0.184. The maximum Gasteiger partial charge on any atom is 0.249 e. The van der Waals surface area contributed by atoms with Crippen molar-refractivity contribution in [1.82, 2.24) is 0 Å². The molecule has 130 valence electrons. The minimum Gasteiger partial charge on any atom is -0.313 e. The molecule has 1 aliphatic carbocycles. The van der Waals surface area contributed by atoms with Crippen LogP contribution < -0.4 is 5.32 Å². The zero-order chi connectivity index (χ0) is 18.0. The highest BCUT2D eigenvalue weighted by molar-refractivity contribution is 7.16. The molecule has 0 saturated heterocycles. The number of thiophene rings is 2. The molecule has 0 aromatic carbocycles. The predicted molar refractivity (Wildman–Crippen MR) is 106 cm³/mol. The standard InChI is InChI=1S/C20H22N2OS2/c1-20(2,3)13-6-8-15-16(12-21)19(25-17(15)11-13)22-18(23)9-7-14-5-4-10-24-14/h4-5,7,9-10,13H,6,8,11H2,1-3H3,(H,22,23)/b9-7-/t13-/m0/s1. The summed E-state index contributed by atoms with van der Waals surface area (Å²) in [5, 5.41) is 15.2. The first-order valence-electron chi connectivity index (χ1n) is 8.45. The molecule has 1 amide bonds. The second-order valence-corrected chi connectivity index (χ2v) is 9.55. The van der Waals surface area contributed by atoms with Gasteiger partial charge in [0.2, 0.25) is 5.91 Å². The Bertz CT molecular complexity index is 832. The summed E-state index contributed by atoms with van der Waals surface area (Å²) in [6, 6.07) is 6.22. The minimum atomic E-state index is -0.184. The number of amides is 1. The van der Waals surface area contributed by atoms with Gasteiger partial charge in [0.1, 0.15) is 11.1 Å². The van der Waals surface area contributed by atoms with Crippen molar-refractivity contribution >= 4 is 39.7 Å². The molecule has 1 aliphatic rings. The van der Waals surface area contributed by atoms with Gasteiger partial charge in [0, 0.05) is 15.8 Å². The topological polar surface area (TPSA) is 52.9 Å². The van der Waals surface area contributed by atoms with Gasteiger partial charge in [-0.2, -0.15) is 5.26 Å². The Morgan fingerprint density at radius 3 is 2.88 bits per heavy atom. The van der Waals surface area contributed by atoms with Crippen molar-refractivity contribution in [2.24, 2.45) is 11.3 Å². The molecule has 2 heterocycles. The number of anilines is 1. The SMILES string of the molecule is CC(C)(C)[C@H]1CCc2c(sc(NC(=O)/C=C\c3cccs3)c2C#N)C1. The molecule has 0 saturated carbocycles. The van der Waals surface area contributed by atoms with Crippen LogP contribution in [0, 0.1) is 22.7 Å². The average molecular weight is 371 g/mol. The van der Waals surface area contributed by atoms with Gasteiger partial charge in [0.15, 0.2) is 0 Å². The summed E-state index contributed by atoms with van der Waals surface area (Å²) in [5.74, 6) is 0.434. The number of nitrogens with zero attached hydrogens (tertiary/aromatic N) is 1.